The number of piperazine rings is 1. The van der Waals surface area contributed by atoms with E-state index in [1.807, 2.05) is 6.07 Å². The molecule has 2 saturated heterocycles. The van der Waals surface area contributed by atoms with Gasteiger partial charge in [-0.3, -0.25) is 14.4 Å². The van der Waals surface area contributed by atoms with Crippen molar-refractivity contribution < 1.29 is 18.8 Å². The van der Waals surface area contributed by atoms with Crippen LogP contribution in [-0.2, 0) is 19.8 Å². The smallest absolute Gasteiger partial charge is 0.240 e. The lowest BCUT2D eigenvalue weighted by Crippen LogP contribution is -2.56. The fraction of sp³-hybridized carbons (Fsp3) is 0.500. The molecule has 3 heterocycles. The van der Waals surface area contributed by atoms with Gasteiger partial charge >= 0.3 is 0 Å². The van der Waals surface area contributed by atoms with E-state index in [-0.39, 0.29) is 34.7 Å². The SMILES string of the molecule is CNCC(=O)N1CCN(C(=O)[C@@H]2N[C@H](CC(C)(C)C)[C@]3(C(=O)Nc4cc(Cl)c(F)cc43)[C@H]2c2cccc(Cl)c2)CC1. The average Bonchev–Trinajstić information content (AvgIpc) is 3.38. The normalized spacial score (nSPS) is 25.9. The Morgan fingerprint density at radius 3 is 2.41 bits per heavy atom. The maximum absolute atomic E-state index is 15.1. The molecule has 5 rings (SSSR count). The van der Waals surface area contributed by atoms with Crippen LogP contribution < -0.4 is 16.0 Å². The molecule has 1 spiro atoms. The van der Waals surface area contributed by atoms with E-state index in [0.29, 0.717) is 54.4 Å². The van der Waals surface area contributed by atoms with Gasteiger partial charge in [0.1, 0.15) is 11.2 Å². The van der Waals surface area contributed by atoms with Crippen molar-refractivity contribution in [1.82, 2.24) is 20.4 Å². The Kier molecular flexibility index (Phi) is 8.11. The minimum absolute atomic E-state index is 0.0143. The van der Waals surface area contributed by atoms with Crippen LogP contribution in [0, 0.1) is 11.2 Å². The summed E-state index contributed by atoms with van der Waals surface area (Å²) in [4.78, 5) is 44.5. The lowest BCUT2D eigenvalue weighted by molar-refractivity contribution is -0.140. The third-order valence-corrected chi connectivity index (χ3v) is 8.97. The molecular weight excluding hydrogens is 568 g/mol. The molecule has 0 radical (unpaired) electrons. The Bertz CT molecular complexity index is 1370. The zero-order valence-electron chi connectivity index (χ0n) is 23.7. The Hall–Kier alpha value is -2.72. The summed E-state index contributed by atoms with van der Waals surface area (Å²) in [6, 6.07) is 8.67. The first-order valence-electron chi connectivity index (χ1n) is 13.9. The van der Waals surface area contributed by atoms with E-state index in [1.54, 1.807) is 35.0 Å². The van der Waals surface area contributed by atoms with E-state index in [0.717, 1.165) is 0 Å². The second kappa shape index (κ2) is 11.2. The van der Waals surface area contributed by atoms with Crippen LogP contribution in [0.2, 0.25) is 10.0 Å². The molecule has 0 bridgehead atoms. The van der Waals surface area contributed by atoms with Crippen LogP contribution >= 0.6 is 23.2 Å². The molecule has 3 amide bonds. The van der Waals surface area contributed by atoms with Gasteiger partial charge in [-0.25, -0.2) is 4.39 Å². The summed E-state index contributed by atoms with van der Waals surface area (Å²) < 4.78 is 15.1. The summed E-state index contributed by atoms with van der Waals surface area (Å²) in [5, 5.41) is 9.79. The highest BCUT2D eigenvalue weighted by Gasteiger charge is 2.66. The highest BCUT2D eigenvalue weighted by atomic mass is 35.5. The second-order valence-electron chi connectivity index (χ2n) is 12.4. The molecular formula is C30H36Cl2FN5O3. The highest BCUT2D eigenvalue weighted by molar-refractivity contribution is 6.31. The summed E-state index contributed by atoms with van der Waals surface area (Å²) in [6.07, 6.45) is 0.539. The van der Waals surface area contributed by atoms with Gasteiger partial charge in [-0.05, 0) is 54.3 Å². The number of rotatable bonds is 5. The minimum atomic E-state index is -1.30. The zero-order chi connectivity index (χ0) is 29.7. The van der Waals surface area contributed by atoms with E-state index >= 15 is 4.39 Å². The second-order valence-corrected chi connectivity index (χ2v) is 13.2. The number of benzene rings is 2. The number of nitrogens with zero attached hydrogens (tertiary/aromatic N) is 2. The molecule has 0 saturated carbocycles. The molecule has 2 fully saturated rings. The number of carbonyl (C=O) groups excluding carboxylic acids is 3. The Balaban J connectivity index is 1.61. The van der Waals surface area contributed by atoms with E-state index in [1.165, 1.54) is 12.1 Å². The van der Waals surface area contributed by atoms with Crippen molar-refractivity contribution in [2.75, 3.05) is 45.1 Å². The first kappa shape index (κ1) is 29.8. The van der Waals surface area contributed by atoms with Gasteiger partial charge in [0, 0.05) is 48.8 Å². The van der Waals surface area contributed by atoms with Gasteiger partial charge in [-0.1, -0.05) is 56.1 Å². The molecule has 2 aromatic rings. The van der Waals surface area contributed by atoms with Crippen LogP contribution in [0.3, 0.4) is 0 Å². The Labute approximate surface area is 249 Å². The Morgan fingerprint density at radius 1 is 1.10 bits per heavy atom. The number of hydrogen-bond donors (Lipinski definition) is 3. The summed E-state index contributed by atoms with van der Waals surface area (Å²) >= 11 is 12.6. The molecule has 8 nitrogen and oxygen atoms in total. The summed E-state index contributed by atoms with van der Waals surface area (Å²) in [7, 11) is 1.72. The molecule has 0 unspecified atom stereocenters. The van der Waals surface area contributed by atoms with E-state index < -0.39 is 29.2 Å². The molecule has 3 aliphatic heterocycles. The van der Waals surface area contributed by atoms with E-state index in [2.05, 4.69) is 36.7 Å². The number of hydrogen-bond acceptors (Lipinski definition) is 5. The van der Waals surface area contributed by atoms with Gasteiger partial charge in [-0.15, -0.1) is 0 Å². The quantitative estimate of drug-likeness (QED) is 0.484. The van der Waals surface area contributed by atoms with Crippen LogP contribution in [0.5, 0.6) is 0 Å². The number of anilines is 1. The standard InChI is InChI=1S/C30H36Cl2FN5O3/c1-29(2,3)15-23-30(19-13-21(33)20(32)14-22(19)35-28(30)41)25(17-6-5-7-18(31)12-17)26(36-23)27(40)38-10-8-37(9-11-38)24(39)16-34-4/h5-7,12-14,23,25-26,34,36H,8-11,15-16H2,1-4H3,(H,35,41)/t23-,25+,26-,30+/m1/s1. The topological polar surface area (TPSA) is 93.8 Å². The molecule has 41 heavy (non-hydrogen) atoms. The Morgan fingerprint density at radius 2 is 1.78 bits per heavy atom. The zero-order valence-corrected chi connectivity index (χ0v) is 25.2. The van der Waals surface area contributed by atoms with Crippen molar-refractivity contribution in [2.24, 2.45) is 5.41 Å². The van der Waals surface area contributed by atoms with Gasteiger partial charge in [0.25, 0.3) is 0 Å². The van der Waals surface area contributed by atoms with Gasteiger partial charge in [0.2, 0.25) is 17.7 Å². The lowest BCUT2D eigenvalue weighted by Gasteiger charge is -2.39. The van der Waals surface area contributed by atoms with Crippen LogP contribution in [0.4, 0.5) is 10.1 Å². The fourth-order valence-corrected chi connectivity index (χ4v) is 7.12. The lowest BCUT2D eigenvalue weighted by atomic mass is 9.62. The molecule has 220 valence electrons. The maximum Gasteiger partial charge on any atom is 0.240 e. The molecule has 3 N–H and O–H groups in total. The van der Waals surface area contributed by atoms with Gasteiger partial charge in [0.05, 0.1) is 17.6 Å². The molecule has 3 aliphatic rings. The first-order chi connectivity index (χ1) is 19.4. The predicted molar refractivity (Wildman–Crippen MR) is 158 cm³/mol. The minimum Gasteiger partial charge on any atom is -0.338 e. The number of carbonyl (C=O) groups is 3. The third kappa shape index (κ3) is 5.33. The van der Waals surface area contributed by atoms with E-state index in [9.17, 15) is 14.4 Å². The van der Waals surface area contributed by atoms with Crippen molar-refractivity contribution in [3.05, 3.63) is 63.4 Å². The van der Waals surface area contributed by atoms with Crippen LogP contribution in [0.15, 0.2) is 36.4 Å². The van der Waals surface area contributed by atoms with Crippen molar-refractivity contribution in [1.29, 1.82) is 0 Å². The first-order valence-corrected chi connectivity index (χ1v) is 14.7. The van der Waals surface area contributed by atoms with E-state index in [4.69, 9.17) is 23.2 Å². The summed E-state index contributed by atoms with van der Waals surface area (Å²) in [5.41, 5.74) is 0.104. The predicted octanol–water partition coefficient (Wildman–Crippen LogP) is 3.77. The van der Waals surface area contributed by atoms with Crippen LogP contribution in [0.1, 0.15) is 44.2 Å². The molecule has 2 aromatic carbocycles. The van der Waals surface area contributed by atoms with Crippen molar-refractivity contribution in [2.45, 2.75) is 50.6 Å². The molecule has 11 heteroatoms. The number of amides is 3. The van der Waals surface area contributed by atoms with Gasteiger partial charge in [0.15, 0.2) is 0 Å². The van der Waals surface area contributed by atoms with Crippen LogP contribution in [-0.4, -0.2) is 79.4 Å². The molecule has 4 atom stereocenters. The highest BCUT2D eigenvalue weighted by Crippen LogP contribution is 2.57. The molecule has 0 aromatic heterocycles. The number of halogens is 3. The van der Waals surface area contributed by atoms with Crippen LogP contribution in [0.25, 0.3) is 0 Å². The van der Waals surface area contributed by atoms with Crippen molar-refractivity contribution in [3.8, 4) is 0 Å². The largest absolute Gasteiger partial charge is 0.338 e. The monoisotopic (exact) mass is 603 g/mol. The summed E-state index contributed by atoms with van der Waals surface area (Å²) in [6.45, 7) is 8.05. The van der Waals surface area contributed by atoms with Crippen molar-refractivity contribution >= 4 is 46.6 Å². The number of fused-ring (bicyclic) bond motifs is 2. The molecule has 0 aliphatic carbocycles. The van der Waals surface area contributed by atoms with Gasteiger partial charge in [-0.2, -0.15) is 0 Å². The van der Waals surface area contributed by atoms with Gasteiger partial charge < -0.3 is 25.8 Å². The maximum atomic E-state index is 15.1. The summed E-state index contributed by atoms with van der Waals surface area (Å²) in [5.74, 6) is -1.80. The number of nitrogens with one attached hydrogen (secondary N) is 3. The number of likely N-dealkylation sites (N-methyl/N-ethyl adjacent to an activating group) is 1. The third-order valence-electron chi connectivity index (χ3n) is 8.45. The average molecular weight is 605 g/mol. The van der Waals surface area contributed by atoms with Crippen molar-refractivity contribution in [3.63, 3.8) is 0 Å². The fourth-order valence-electron chi connectivity index (χ4n) is 6.76.